The monoisotopic (exact) mass is 478 g/mol. The fourth-order valence-corrected chi connectivity index (χ4v) is 8.80. The van der Waals surface area contributed by atoms with Crippen LogP contribution in [0, 0.1) is 39.9 Å². The normalized spacial score (nSPS) is 54.1. The zero-order valence-corrected chi connectivity index (χ0v) is 20.0. The Hall–Kier alpha value is -1.32. The molecule has 5 aliphatic rings. The Balaban J connectivity index is 1.39. The van der Waals surface area contributed by atoms with Crippen LogP contribution < -0.4 is 0 Å². The molecule has 4 aliphatic carbocycles. The number of carbonyl (C=O) groups is 2. The van der Waals surface area contributed by atoms with Crippen LogP contribution in [0.15, 0.2) is 12.2 Å². The molecule has 0 aromatic heterocycles. The Kier molecular flexibility index (Phi) is 6.00. The van der Waals surface area contributed by atoms with E-state index in [4.69, 9.17) is 9.47 Å². The minimum Gasteiger partial charge on any atom is -0.432 e. The minimum absolute atomic E-state index is 0.0323. The average Bonchev–Trinajstić information content (AvgIpc) is 3.08. The number of aliphatic hydroxyl groups excluding tert-OH is 4. The topological polar surface area (TPSA) is 134 Å². The number of fused-ring (bicyclic) bond motifs is 3. The molecule has 8 nitrogen and oxygen atoms in total. The summed E-state index contributed by atoms with van der Waals surface area (Å²) in [7, 11) is 0. The van der Waals surface area contributed by atoms with E-state index >= 15 is 0 Å². The molecule has 0 amide bonds. The highest BCUT2D eigenvalue weighted by Gasteiger charge is 2.65. The van der Waals surface area contributed by atoms with Crippen molar-refractivity contribution in [2.24, 2.45) is 39.9 Å². The first-order valence-corrected chi connectivity index (χ1v) is 12.7. The van der Waals surface area contributed by atoms with Gasteiger partial charge in [0.1, 0.15) is 30.7 Å². The first-order chi connectivity index (χ1) is 16.1. The molecule has 3 saturated carbocycles. The van der Waals surface area contributed by atoms with Crippen molar-refractivity contribution in [3.63, 3.8) is 0 Å². The molecule has 190 valence electrons. The summed E-state index contributed by atoms with van der Waals surface area (Å²) >= 11 is 0. The summed E-state index contributed by atoms with van der Waals surface area (Å²) in [5.41, 5.74) is -0.876. The number of hydrogen-bond acceptors (Lipinski definition) is 8. The molecule has 8 heteroatoms. The highest BCUT2D eigenvalue weighted by molar-refractivity contribution is 5.80. The quantitative estimate of drug-likeness (QED) is 0.270. The summed E-state index contributed by atoms with van der Waals surface area (Å²) in [4.78, 5) is 25.3. The maximum Gasteiger partial charge on any atom is 0.318 e. The summed E-state index contributed by atoms with van der Waals surface area (Å²) < 4.78 is 11.1. The van der Waals surface area contributed by atoms with E-state index in [0.717, 1.165) is 44.9 Å². The Morgan fingerprint density at radius 1 is 1.09 bits per heavy atom. The van der Waals surface area contributed by atoms with Crippen LogP contribution in [-0.4, -0.2) is 70.0 Å². The molecule has 4 N–H and O–H groups in total. The second-order valence-electron chi connectivity index (χ2n) is 12.0. The van der Waals surface area contributed by atoms with E-state index < -0.39 is 48.7 Å². The lowest BCUT2D eigenvalue weighted by atomic mass is 9.42. The molecule has 0 aromatic carbocycles. The number of hydrogen-bond donors (Lipinski definition) is 4. The molecular weight excluding hydrogens is 440 g/mol. The smallest absolute Gasteiger partial charge is 0.318 e. The van der Waals surface area contributed by atoms with E-state index in [1.54, 1.807) is 0 Å². The molecule has 2 bridgehead atoms. The number of rotatable bonds is 4. The average molecular weight is 479 g/mol. The van der Waals surface area contributed by atoms with E-state index in [0.29, 0.717) is 11.8 Å². The van der Waals surface area contributed by atoms with Gasteiger partial charge in [-0.2, -0.15) is 0 Å². The molecule has 34 heavy (non-hydrogen) atoms. The van der Waals surface area contributed by atoms with Crippen molar-refractivity contribution in [3.8, 4) is 0 Å². The van der Waals surface area contributed by atoms with Crippen LogP contribution in [-0.2, 0) is 19.1 Å². The molecule has 1 saturated heterocycles. The fourth-order valence-electron chi connectivity index (χ4n) is 8.80. The largest absolute Gasteiger partial charge is 0.432 e. The van der Waals surface area contributed by atoms with Gasteiger partial charge in [-0.15, -0.1) is 0 Å². The minimum atomic E-state index is -1.62. The van der Waals surface area contributed by atoms with Crippen LogP contribution in [0.5, 0.6) is 0 Å². The standard InChI is InChI=1S/C26H38O8/c1-24-7-3-8-25(2,23(32)34-22-21(31)20(30)19(29)16(13-28)33-22)17(24)6-9-26-10-14(4-5-18(24)26)15(11-26)12-27/h3,8,12,14-22,28-31H,4-7,9-11,13H2,1-2H3/t14-,15+,16-,17-,18-,19-,20+,21-,22+,24+,25?,26-/m1/s1. The molecule has 5 rings (SSSR count). The third kappa shape index (κ3) is 3.36. The lowest BCUT2D eigenvalue weighted by Gasteiger charge is -2.62. The van der Waals surface area contributed by atoms with Crippen LogP contribution in [0.4, 0.5) is 0 Å². The molecule has 1 heterocycles. The fraction of sp³-hybridized carbons (Fsp3) is 0.846. The Labute approximate surface area is 200 Å². The third-order valence-electron chi connectivity index (χ3n) is 10.4. The summed E-state index contributed by atoms with van der Waals surface area (Å²) in [6, 6.07) is 0. The van der Waals surface area contributed by atoms with Gasteiger partial charge in [-0.1, -0.05) is 19.1 Å². The SMILES string of the molecule is CC1(C(=O)O[C@@H]2O[C@H](CO)[C@@H](O)[C@H](O)[C@H]2O)C=CC[C@@]2(C)[C@H]1CC[C@]13C[C@@H](CC[C@@H]12)[C@H](C=O)C3. The van der Waals surface area contributed by atoms with E-state index in [1.165, 1.54) is 6.29 Å². The highest BCUT2D eigenvalue weighted by atomic mass is 16.7. The number of allylic oxidation sites excluding steroid dienone is 1. The van der Waals surface area contributed by atoms with Crippen molar-refractivity contribution in [2.75, 3.05) is 6.61 Å². The van der Waals surface area contributed by atoms with Crippen molar-refractivity contribution >= 4 is 12.3 Å². The molecule has 1 aliphatic heterocycles. The van der Waals surface area contributed by atoms with Gasteiger partial charge in [-0.25, -0.2) is 0 Å². The predicted octanol–water partition coefficient (Wildman–Crippen LogP) is 1.33. The summed E-state index contributed by atoms with van der Waals surface area (Å²) in [5, 5.41) is 39.9. The molecule has 1 spiro atoms. The van der Waals surface area contributed by atoms with Crippen molar-refractivity contribution in [1.29, 1.82) is 0 Å². The number of esters is 1. The molecule has 12 atom stereocenters. The molecule has 4 fully saturated rings. The van der Waals surface area contributed by atoms with Gasteiger partial charge in [0.15, 0.2) is 0 Å². The van der Waals surface area contributed by atoms with Crippen LogP contribution in [0.1, 0.15) is 58.8 Å². The van der Waals surface area contributed by atoms with Gasteiger partial charge in [-0.3, -0.25) is 4.79 Å². The van der Waals surface area contributed by atoms with Gasteiger partial charge in [0.25, 0.3) is 0 Å². The van der Waals surface area contributed by atoms with Gasteiger partial charge in [0.05, 0.1) is 12.0 Å². The van der Waals surface area contributed by atoms with Crippen molar-refractivity contribution < 1.29 is 39.5 Å². The number of aldehydes is 1. The Morgan fingerprint density at radius 2 is 1.85 bits per heavy atom. The number of ether oxygens (including phenoxy) is 2. The van der Waals surface area contributed by atoms with E-state index in [2.05, 4.69) is 13.0 Å². The molecular formula is C26H38O8. The van der Waals surface area contributed by atoms with Gasteiger partial charge < -0.3 is 34.7 Å². The molecule has 0 radical (unpaired) electrons. The van der Waals surface area contributed by atoms with Gasteiger partial charge in [0.2, 0.25) is 6.29 Å². The highest BCUT2D eigenvalue weighted by Crippen LogP contribution is 2.71. The summed E-state index contributed by atoms with van der Waals surface area (Å²) in [6.45, 7) is 3.59. The van der Waals surface area contributed by atoms with Gasteiger partial charge >= 0.3 is 5.97 Å². The summed E-state index contributed by atoms with van der Waals surface area (Å²) in [6.07, 6.45) is 4.77. The van der Waals surface area contributed by atoms with E-state index in [-0.39, 0.29) is 22.7 Å². The third-order valence-corrected chi connectivity index (χ3v) is 10.4. The zero-order valence-electron chi connectivity index (χ0n) is 20.0. The van der Waals surface area contributed by atoms with Crippen LogP contribution in [0.3, 0.4) is 0 Å². The van der Waals surface area contributed by atoms with Crippen molar-refractivity contribution in [2.45, 2.75) is 89.5 Å². The Bertz CT molecular complexity index is 858. The van der Waals surface area contributed by atoms with E-state index in [1.807, 2.05) is 13.0 Å². The van der Waals surface area contributed by atoms with Gasteiger partial charge in [0, 0.05) is 5.92 Å². The van der Waals surface area contributed by atoms with Crippen LogP contribution >= 0.6 is 0 Å². The lowest BCUT2D eigenvalue weighted by molar-refractivity contribution is -0.296. The first kappa shape index (κ1) is 24.4. The maximum absolute atomic E-state index is 13.6. The predicted molar refractivity (Wildman–Crippen MR) is 120 cm³/mol. The van der Waals surface area contributed by atoms with Crippen molar-refractivity contribution in [1.82, 2.24) is 0 Å². The van der Waals surface area contributed by atoms with Crippen molar-refractivity contribution in [3.05, 3.63) is 12.2 Å². The van der Waals surface area contributed by atoms with E-state index in [9.17, 15) is 30.0 Å². The second kappa shape index (κ2) is 8.37. The maximum atomic E-state index is 13.6. The summed E-state index contributed by atoms with van der Waals surface area (Å²) in [5.74, 6) is 0.586. The van der Waals surface area contributed by atoms with Crippen LogP contribution in [0.25, 0.3) is 0 Å². The molecule has 1 unspecified atom stereocenters. The van der Waals surface area contributed by atoms with Crippen LogP contribution in [0.2, 0.25) is 0 Å². The number of carbonyl (C=O) groups excluding carboxylic acids is 2. The van der Waals surface area contributed by atoms with Gasteiger partial charge in [-0.05, 0) is 80.5 Å². The molecule has 0 aromatic rings. The first-order valence-electron chi connectivity index (χ1n) is 12.7. The lowest BCUT2D eigenvalue weighted by Crippen LogP contribution is -2.61. The number of aliphatic hydroxyl groups is 4. The Morgan fingerprint density at radius 3 is 2.56 bits per heavy atom. The second-order valence-corrected chi connectivity index (χ2v) is 12.0. The zero-order chi connectivity index (χ0) is 24.5.